The van der Waals surface area contributed by atoms with Crippen molar-refractivity contribution in [2.45, 2.75) is 38.0 Å². The maximum atomic E-state index is 13.0. The summed E-state index contributed by atoms with van der Waals surface area (Å²) >= 11 is 0. The Morgan fingerprint density at radius 2 is 2.29 bits per heavy atom. The Morgan fingerprint density at radius 1 is 1.52 bits per heavy atom. The number of hydrogen-bond donors (Lipinski definition) is 3. The molecule has 1 heterocycles. The molecule has 0 radical (unpaired) electrons. The number of ether oxygens (including phenoxy) is 2. The number of alkyl halides is 1. The molecule has 6 nitrogen and oxygen atoms in total. The molecule has 1 aromatic rings. The van der Waals surface area contributed by atoms with E-state index in [1.807, 2.05) is 0 Å². The number of nitrogens with one attached hydrogen (secondary N) is 1. The summed E-state index contributed by atoms with van der Waals surface area (Å²) in [5.74, 6) is -0.877. The maximum Gasteiger partial charge on any atom is 0.333 e. The van der Waals surface area contributed by atoms with E-state index in [1.165, 1.54) is 0 Å². The molecule has 1 aliphatic rings. The van der Waals surface area contributed by atoms with Gasteiger partial charge in [0.1, 0.15) is 12.4 Å². The standard InChI is InChI=1S/C14H18FNO5/c1-16-9-2-3-11(8(4-9)7-15)20-13-6-10(17)5-12(21-13)14(18)19/h2-4,10,12-13,16-17H,5-7H2,1H3,(H,18,19). The van der Waals surface area contributed by atoms with Gasteiger partial charge in [-0.2, -0.15) is 0 Å². The van der Waals surface area contributed by atoms with E-state index in [2.05, 4.69) is 5.32 Å². The number of carbonyl (C=O) groups is 1. The molecular formula is C14H18FNO5. The fourth-order valence-electron chi connectivity index (χ4n) is 2.19. The summed E-state index contributed by atoms with van der Waals surface area (Å²) in [5.41, 5.74) is 1.07. The molecule has 7 heteroatoms. The number of carboxylic acids is 1. The minimum Gasteiger partial charge on any atom is -0.479 e. The summed E-state index contributed by atoms with van der Waals surface area (Å²) in [6.07, 6.45) is -2.70. The van der Waals surface area contributed by atoms with Crippen molar-refractivity contribution < 1.29 is 28.9 Å². The van der Waals surface area contributed by atoms with Crippen LogP contribution in [0.5, 0.6) is 5.75 Å². The van der Waals surface area contributed by atoms with Crippen molar-refractivity contribution in [3.8, 4) is 5.75 Å². The van der Waals surface area contributed by atoms with Crippen LogP contribution in [0.2, 0.25) is 0 Å². The van der Waals surface area contributed by atoms with E-state index >= 15 is 0 Å². The first kappa shape index (κ1) is 15.5. The summed E-state index contributed by atoms with van der Waals surface area (Å²) in [6.45, 7) is -0.720. The Kier molecular flexibility index (Phi) is 4.98. The minimum absolute atomic E-state index is 0.0177. The molecule has 1 aliphatic heterocycles. The van der Waals surface area contributed by atoms with Gasteiger partial charge in [-0.25, -0.2) is 9.18 Å². The molecule has 0 spiro atoms. The summed E-state index contributed by atoms with van der Waals surface area (Å²) in [6, 6.07) is 4.90. The highest BCUT2D eigenvalue weighted by Gasteiger charge is 2.34. The molecule has 0 amide bonds. The van der Waals surface area contributed by atoms with Crippen molar-refractivity contribution in [1.29, 1.82) is 0 Å². The van der Waals surface area contributed by atoms with Crippen molar-refractivity contribution in [3.05, 3.63) is 23.8 Å². The molecule has 1 aromatic carbocycles. The van der Waals surface area contributed by atoms with Gasteiger partial charge in [-0.15, -0.1) is 0 Å². The van der Waals surface area contributed by atoms with Crippen LogP contribution in [0.4, 0.5) is 10.1 Å². The number of aliphatic hydroxyl groups excluding tert-OH is 1. The predicted octanol–water partition coefficient (Wildman–Crippen LogP) is 1.53. The summed E-state index contributed by atoms with van der Waals surface area (Å²) in [7, 11) is 1.72. The molecule has 3 atom stereocenters. The van der Waals surface area contributed by atoms with E-state index in [-0.39, 0.29) is 18.6 Å². The van der Waals surface area contributed by atoms with Crippen LogP contribution >= 0.6 is 0 Å². The Balaban J connectivity index is 2.11. The average Bonchev–Trinajstić information content (AvgIpc) is 2.47. The second-order valence-corrected chi connectivity index (χ2v) is 4.84. The van der Waals surface area contributed by atoms with Crippen LogP contribution in [0.1, 0.15) is 18.4 Å². The van der Waals surface area contributed by atoms with Crippen molar-refractivity contribution in [3.63, 3.8) is 0 Å². The Labute approximate surface area is 121 Å². The minimum atomic E-state index is -1.15. The lowest BCUT2D eigenvalue weighted by atomic mass is 10.1. The van der Waals surface area contributed by atoms with Gasteiger partial charge in [0.2, 0.25) is 6.29 Å². The van der Waals surface area contributed by atoms with Crippen LogP contribution in [-0.4, -0.2) is 41.7 Å². The molecule has 116 valence electrons. The van der Waals surface area contributed by atoms with Gasteiger partial charge in [0.15, 0.2) is 6.10 Å². The van der Waals surface area contributed by atoms with Crippen LogP contribution in [0.25, 0.3) is 0 Å². The molecule has 0 aromatic heterocycles. The number of rotatable bonds is 5. The number of hydrogen-bond acceptors (Lipinski definition) is 5. The van der Waals surface area contributed by atoms with Crippen molar-refractivity contribution in [2.24, 2.45) is 0 Å². The smallest absolute Gasteiger partial charge is 0.333 e. The normalized spacial score (nSPS) is 25.4. The predicted molar refractivity (Wildman–Crippen MR) is 73.0 cm³/mol. The molecule has 2 rings (SSSR count). The molecule has 0 bridgehead atoms. The molecule has 1 fully saturated rings. The number of aliphatic carboxylic acids is 1. The van der Waals surface area contributed by atoms with Crippen LogP contribution in [0.15, 0.2) is 18.2 Å². The fourth-order valence-corrected chi connectivity index (χ4v) is 2.19. The quantitative estimate of drug-likeness (QED) is 0.764. The van der Waals surface area contributed by atoms with E-state index < -0.39 is 31.1 Å². The third kappa shape index (κ3) is 3.83. The Morgan fingerprint density at radius 3 is 2.90 bits per heavy atom. The molecule has 0 saturated carbocycles. The van der Waals surface area contributed by atoms with E-state index in [9.17, 15) is 14.3 Å². The highest BCUT2D eigenvalue weighted by molar-refractivity contribution is 5.72. The molecule has 3 N–H and O–H groups in total. The van der Waals surface area contributed by atoms with Gasteiger partial charge >= 0.3 is 5.97 Å². The van der Waals surface area contributed by atoms with Crippen LogP contribution < -0.4 is 10.1 Å². The zero-order valence-electron chi connectivity index (χ0n) is 11.6. The van der Waals surface area contributed by atoms with Gasteiger partial charge in [0.25, 0.3) is 0 Å². The summed E-state index contributed by atoms with van der Waals surface area (Å²) in [5, 5.41) is 21.5. The first-order chi connectivity index (χ1) is 10.0. The van der Waals surface area contributed by atoms with E-state index in [4.69, 9.17) is 14.6 Å². The number of benzene rings is 1. The third-order valence-corrected chi connectivity index (χ3v) is 3.29. The highest BCUT2D eigenvalue weighted by atomic mass is 19.1. The largest absolute Gasteiger partial charge is 0.479 e. The maximum absolute atomic E-state index is 13.0. The monoisotopic (exact) mass is 299 g/mol. The average molecular weight is 299 g/mol. The third-order valence-electron chi connectivity index (χ3n) is 3.29. The van der Waals surface area contributed by atoms with Crippen molar-refractivity contribution in [2.75, 3.05) is 12.4 Å². The Bertz CT molecular complexity index is 510. The highest BCUT2D eigenvalue weighted by Crippen LogP contribution is 2.28. The van der Waals surface area contributed by atoms with E-state index in [1.54, 1.807) is 25.2 Å². The lowest BCUT2D eigenvalue weighted by Crippen LogP contribution is -2.42. The number of anilines is 1. The van der Waals surface area contributed by atoms with Gasteiger partial charge in [-0.05, 0) is 18.2 Å². The van der Waals surface area contributed by atoms with Crippen molar-refractivity contribution in [1.82, 2.24) is 0 Å². The summed E-state index contributed by atoms with van der Waals surface area (Å²) < 4.78 is 23.8. The molecular weight excluding hydrogens is 281 g/mol. The van der Waals surface area contributed by atoms with Crippen LogP contribution in [0.3, 0.4) is 0 Å². The lowest BCUT2D eigenvalue weighted by Gasteiger charge is -2.31. The zero-order chi connectivity index (χ0) is 15.4. The number of aliphatic hydroxyl groups is 1. The molecule has 21 heavy (non-hydrogen) atoms. The van der Waals surface area contributed by atoms with Gasteiger partial charge in [-0.3, -0.25) is 0 Å². The molecule has 1 saturated heterocycles. The Hall–Kier alpha value is -1.86. The second-order valence-electron chi connectivity index (χ2n) is 4.84. The summed E-state index contributed by atoms with van der Waals surface area (Å²) in [4.78, 5) is 10.9. The first-order valence-electron chi connectivity index (χ1n) is 6.63. The van der Waals surface area contributed by atoms with E-state index in [0.717, 1.165) is 5.69 Å². The topological polar surface area (TPSA) is 88.0 Å². The van der Waals surface area contributed by atoms with Crippen LogP contribution in [0, 0.1) is 0 Å². The fraction of sp³-hybridized carbons (Fsp3) is 0.500. The van der Waals surface area contributed by atoms with Gasteiger partial charge in [0, 0.05) is 31.1 Å². The van der Waals surface area contributed by atoms with Crippen LogP contribution in [-0.2, 0) is 16.2 Å². The van der Waals surface area contributed by atoms with Crippen molar-refractivity contribution >= 4 is 11.7 Å². The number of halogens is 1. The second kappa shape index (κ2) is 6.73. The molecule has 0 aliphatic carbocycles. The zero-order valence-corrected chi connectivity index (χ0v) is 11.6. The lowest BCUT2D eigenvalue weighted by molar-refractivity contribution is -0.195. The number of carboxylic acid groups (broad SMARTS) is 1. The first-order valence-corrected chi connectivity index (χ1v) is 6.63. The van der Waals surface area contributed by atoms with E-state index in [0.29, 0.717) is 5.56 Å². The van der Waals surface area contributed by atoms with Gasteiger partial charge in [0.05, 0.1) is 6.10 Å². The van der Waals surface area contributed by atoms with Gasteiger partial charge in [-0.1, -0.05) is 0 Å². The van der Waals surface area contributed by atoms with Gasteiger partial charge < -0.3 is 25.0 Å². The molecule has 3 unspecified atom stereocenters. The SMILES string of the molecule is CNc1ccc(OC2CC(O)CC(C(=O)O)O2)c(CF)c1.